The molecule has 6 aliphatic carbocycles. The van der Waals surface area contributed by atoms with E-state index in [-0.39, 0.29) is 12.1 Å². The van der Waals surface area contributed by atoms with Crippen molar-refractivity contribution in [1.82, 2.24) is 4.90 Å². The summed E-state index contributed by atoms with van der Waals surface area (Å²) in [5, 5.41) is 0. The Morgan fingerprint density at radius 1 is 0.647 bits per heavy atom. The standard InChI is InChI=1S/C31H49NO2/c1-2-29(33)34-26-17-15-25(16-18-26)32(24-9-4-3-5-10-24)28-20-14-23-12-11-21-7-6-8-22-13-19-27(28)31(23)30(21)22/h2,21-28,30-31H,1,3-20H2. The summed E-state index contributed by atoms with van der Waals surface area (Å²) in [4.78, 5) is 14.9. The molecule has 0 bridgehead atoms. The molecule has 7 atom stereocenters. The highest BCUT2D eigenvalue weighted by molar-refractivity contribution is 5.81. The molecule has 34 heavy (non-hydrogen) atoms. The minimum atomic E-state index is -0.234. The average Bonchev–Trinajstić information content (AvgIpc) is 2.89. The molecule has 0 aromatic heterocycles. The zero-order valence-corrected chi connectivity index (χ0v) is 21.5. The summed E-state index contributed by atoms with van der Waals surface area (Å²) in [6.07, 6.45) is 26.9. The minimum absolute atomic E-state index is 0.113. The van der Waals surface area contributed by atoms with Gasteiger partial charge in [0.15, 0.2) is 0 Å². The van der Waals surface area contributed by atoms with E-state index in [1.807, 2.05) is 0 Å². The van der Waals surface area contributed by atoms with Crippen molar-refractivity contribution in [3.63, 3.8) is 0 Å². The summed E-state index contributed by atoms with van der Waals surface area (Å²) in [5.41, 5.74) is 0. The van der Waals surface area contributed by atoms with Crippen molar-refractivity contribution in [2.24, 2.45) is 35.5 Å². The quantitative estimate of drug-likeness (QED) is 0.314. The lowest BCUT2D eigenvalue weighted by Gasteiger charge is -2.62. The van der Waals surface area contributed by atoms with Crippen LogP contribution in [0.1, 0.15) is 116 Å². The van der Waals surface area contributed by atoms with Crippen LogP contribution in [0, 0.1) is 35.5 Å². The Morgan fingerprint density at radius 2 is 1.26 bits per heavy atom. The summed E-state index contributed by atoms with van der Waals surface area (Å²) in [5.74, 6) is 6.05. The molecule has 0 saturated heterocycles. The molecule has 0 amide bonds. The van der Waals surface area contributed by atoms with Crippen molar-refractivity contribution in [2.75, 3.05) is 0 Å². The Labute approximate surface area is 208 Å². The van der Waals surface area contributed by atoms with E-state index in [0.717, 1.165) is 60.4 Å². The molecule has 0 aliphatic heterocycles. The number of ether oxygens (including phenoxy) is 1. The molecule has 6 saturated carbocycles. The fourth-order valence-electron chi connectivity index (χ4n) is 10.5. The molecule has 6 rings (SSSR count). The van der Waals surface area contributed by atoms with Crippen LogP contribution in [0.25, 0.3) is 0 Å². The zero-order valence-electron chi connectivity index (χ0n) is 21.5. The number of esters is 1. The van der Waals surface area contributed by atoms with Crippen LogP contribution >= 0.6 is 0 Å². The molecule has 190 valence electrons. The number of nitrogens with zero attached hydrogens (tertiary/aromatic N) is 1. The fourth-order valence-corrected chi connectivity index (χ4v) is 10.5. The Morgan fingerprint density at radius 3 is 1.97 bits per heavy atom. The molecular formula is C31H49NO2. The van der Waals surface area contributed by atoms with Crippen LogP contribution in [0.2, 0.25) is 0 Å². The molecule has 3 heteroatoms. The molecule has 0 spiro atoms. The summed E-state index contributed by atoms with van der Waals surface area (Å²) >= 11 is 0. The fraction of sp³-hybridized carbons (Fsp3) is 0.903. The van der Waals surface area contributed by atoms with Gasteiger partial charge < -0.3 is 4.74 Å². The lowest BCUT2D eigenvalue weighted by atomic mass is 9.47. The third-order valence-electron chi connectivity index (χ3n) is 11.7. The van der Waals surface area contributed by atoms with E-state index < -0.39 is 0 Å². The maximum absolute atomic E-state index is 11.8. The summed E-state index contributed by atoms with van der Waals surface area (Å²) in [6, 6.07) is 2.37. The Hall–Kier alpha value is -0.830. The van der Waals surface area contributed by atoms with E-state index in [1.165, 1.54) is 83.1 Å². The number of hydrogen-bond donors (Lipinski definition) is 0. The minimum Gasteiger partial charge on any atom is -0.459 e. The first-order chi connectivity index (χ1) is 16.7. The zero-order chi connectivity index (χ0) is 23.1. The van der Waals surface area contributed by atoms with Crippen LogP contribution in [0.3, 0.4) is 0 Å². The van der Waals surface area contributed by atoms with Gasteiger partial charge in [0.05, 0.1) is 0 Å². The van der Waals surface area contributed by atoms with Crippen LogP contribution in [0.15, 0.2) is 12.7 Å². The molecule has 0 aromatic rings. The van der Waals surface area contributed by atoms with Gasteiger partial charge in [-0.05, 0) is 113 Å². The van der Waals surface area contributed by atoms with Gasteiger partial charge in [0, 0.05) is 24.2 Å². The van der Waals surface area contributed by atoms with E-state index in [9.17, 15) is 4.79 Å². The number of carbonyl (C=O) groups excluding carboxylic acids is 1. The SMILES string of the molecule is C=CC(=O)OC1CCC(N(C2CCCCC2)C2CCC3CCC4CCCC5CCC2C3C45)CC1. The Balaban J connectivity index is 1.22. The van der Waals surface area contributed by atoms with Gasteiger partial charge in [-0.1, -0.05) is 45.1 Å². The molecule has 6 aliphatic rings. The molecule has 0 heterocycles. The first kappa shape index (κ1) is 23.6. The second-order valence-electron chi connectivity index (χ2n) is 13.1. The van der Waals surface area contributed by atoms with Gasteiger partial charge >= 0.3 is 5.97 Å². The highest BCUT2D eigenvalue weighted by Gasteiger charge is 2.55. The number of carbonyl (C=O) groups is 1. The van der Waals surface area contributed by atoms with Crippen molar-refractivity contribution >= 4 is 5.97 Å². The molecule has 6 fully saturated rings. The van der Waals surface area contributed by atoms with E-state index in [4.69, 9.17) is 4.74 Å². The molecule has 0 radical (unpaired) electrons. The molecule has 7 unspecified atom stereocenters. The largest absolute Gasteiger partial charge is 0.459 e. The van der Waals surface area contributed by atoms with Crippen LogP contribution in [-0.2, 0) is 9.53 Å². The van der Waals surface area contributed by atoms with Gasteiger partial charge in [0.2, 0.25) is 0 Å². The number of rotatable bonds is 5. The van der Waals surface area contributed by atoms with E-state index in [0.29, 0.717) is 6.04 Å². The third kappa shape index (κ3) is 4.41. The summed E-state index contributed by atoms with van der Waals surface area (Å²) in [6.45, 7) is 3.59. The first-order valence-electron chi connectivity index (χ1n) is 15.3. The topological polar surface area (TPSA) is 29.5 Å². The van der Waals surface area contributed by atoms with Crippen LogP contribution in [0.5, 0.6) is 0 Å². The van der Waals surface area contributed by atoms with Crippen molar-refractivity contribution in [3.8, 4) is 0 Å². The maximum atomic E-state index is 11.8. The molecular weight excluding hydrogens is 418 g/mol. The highest BCUT2D eigenvalue weighted by Crippen LogP contribution is 2.61. The summed E-state index contributed by atoms with van der Waals surface area (Å²) in [7, 11) is 0. The second-order valence-corrected chi connectivity index (χ2v) is 13.1. The van der Waals surface area contributed by atoms with Crippen molar-refractivity contribution in [2.45, 2.75) is 140 Å². The van der Waals surface area contributed by atoms with E-state index in [2.05, 4.69) is 11.5 Å². The normalized spacial score (nSPS) is 44.8. The van der Waals surface area contributed by atoms with Crippen molar-refractivity contribution < 1.29 is 9.53 Å². The van der Waals surface area contributed by atoms with Gasteiger partial charge in [0.1, 0.15) is 6.10 Å². The summed E-state index contributed by atoms with van der Waals surface area (Å²) < 4.78 is 5.66. The van der Waals surface area contributed by atoms with Crippen molar-refractivity contribution in [1.29, 1.82) is 0 Å². The van der Waals surface area contributed by atoms with Crippen molar-refractivity contribution in [3.05, 3.63) is 12.7 Å². The smallest absolute Gasteiger partial charge is 0.330 e. The molecule has 3 nitrogen and oxygen atoms in total. The molecule has 0 N–H and O–H groups in total. The first-order valence-corrected chi connectivity index (χ1v) is 15.3. The van der Waals surface area contributed by atoms with E-state index >= 15 is 0 Å². The number of hydrogen-bond acceptors (Lipinski definition) is 3. The van der Waals surface area contributed by atoms with Gasteiger partial charge in [0.25, 0.3) is 0 Å². The van der Waals surface area contributed by atoms with Crippen LogP contribution < -0.4 is 0 Å². The van der Waals surface area contributed by atoms with Gasteiger partial charge in [-0.25, -0.2) is 4.79 Å². The Kier molecular flexibility index (Phi) is 7.12. The van der Waals surface area contributed by atoms with E-state index in [1.54, 1.807) is 25.7 Å². The highest BCUT2D eigenvalue weighted by atomic mass is 16.5. The van der Waals surface area contributed by atoms with Crippen LogP contribution in [0.4, 0.5) is 0 Å². The average molecular weight is 468 g/mol. The predicted molar refractivity (Wildman–Crippen MR) is 137 cm³/mol. The Bertz CT molecular complexity index is 715. The van der Waals surface area contributed by atoms with Crippen LogP contribution in [-0.4, -0.2) is 35.1 Å². The third-order valence-corrected chi connectivity index (χ3v) is 11.7. The lowest BCUT2D eigenvalue weighted by molar-refractivity contribution is -0.147. The molecule has 0 aromatic carbocycles. The second kappa shape index (κ2) is 10.3. The van der Waals surface area contributed by atoms with Gasteiger partial charge in [-0.2, -0.15) is 0 Å². The van der Waals surface area contributed by atoms with Gasteiger partial charge in [-0.15, -0.1) is 0 Å². The van der Waals surface area contributed by atoms with Gasteiger partial charge in [-0.3, -0.25) is 4.90 Å². The monoisotopic (exact) mass is 467 g/mol. The lowest BCUT2D eigenvalue weighted by Crippen LogP contribution is -2.61. The maximum Gasteiger partial charge on any atom is 0.330 e. The predicted octanol–water partition coefficient (Wildman–Crippen LogP) is 7.29.